The lowest BCUT2D eigenvalue weighted by Crippen LogP contribution is -2.33. The first kappa shape index (κ1) is 22.2. The van der Waals surface area contributed by atoms with Crippen molar-refractivity contribution in [2.24, 2.45) is 10.2 Å². The summed E-state index contributed by atoms with van der Waals surface area (Å²) in [4.78, 5) is 32.4. The maximum absolute atomic E-state index is 12.3. The van der Waals surface area contributed by atoms with Crippen LogP contribution < -0.4 is 10.9 Å². The van der Waals surface area contributed by atoms with E-state index in [9.17, 15) is 9.59 Å². The van der Waals surface area contributed by atoms with E-state index in [0.29, 0.717) is 11.4 Å². The first-order chi connectivity index (χ1) is 13.9. The minimum Gasteiger partial charge on any atom is -0.272 e. The van der Waals surface area contributed by atoms with E-state index in [0.717, 1.165) is 11.1 Å². The summed E-state index contributed by atoms with van der Waals surface area (Å²) in [6.45, 7) is 7.05. The van der Waals surface area contributed by atoms with Gasteiger partial charge in [-0.05, 0) is 52.0 Å². The molecule has 2 N–H and O–H groups in total. The summed E-state index contributed by atoms with van der Waals surface area (Å²) in [5, 5.41) is 7.29. The Balaban J connectivity index is 1.84. The quantitative estimate of drug-likeness (QED) is 0.511. The summed E-state index contributed by atoms with van der Waals surface area (Å²) >= 11 is 1.23. The average Bonchev–Trinajstić information content (AvgIpc) is 2.76. The Labute approximate surface area is 174 Å². The number of nitrogens with zero attached hydrogens (tertiary/aromatic N) is 4. The van der Waals surface area contributed by atoms with Crippen molar-refractivity contribution in [2.45, 2.75) is 38.2 Å². The molecule has 0 saturated heterocycles. The molecule has 8 nitrogen and oxygen atoms in total. The van der Waals surface area contributed by atoms with Crippen LogP contribution in [-0.2, 0) is 9.59 Å². The minimum atomic E-state index is -0.463. The number of aromatic nitrogens is 2. The van der Waals surface area contributed by atoms with E-state index < -0.39 is 10.5 Å². The van der Waals surface area contributed by atoms with Crippen LogP contribution in [0.3, 0.4) is 0 Å². The van der Waals surface area contributed by atoms with Gasteiger partial charge in [0.1, 0.15) is 0 Å². The molecule has 2 rings (SSSR count). The van der Waals surface area contributed by atoms with Gasteiger partial charge in [-0.15, -0.1) is 11.8 Å². The van der Waals surface area contributed by atoms with Gasteiger partial charge in [-0.25, -0.2) is 10.9 Å². The van der Waals surface area contributed by atoms with Crippen molar-refractivity contribution >= 4 is 35.0 Å². The summed E-state index contributed by atoms with van der Waals surface area (Å²) in [5.74, 6) is -0.556. The Bertz CT molecular complexity index is 813. The molecule has 0 aliphatic heterocycles. The van der Waals surface area contributed by atoms with Gasteiger partial charge in [0.2, 0.25) is 0 Å². The van der Waals surface area contributed by atoms with E-state index in [1.54, 1.807) is 52.5 Å². The summed E-state index contributed by atoms with van der Waals surface area (Å²) in [6.07, 6.45) is 6.64. The van der Waals surface area contributed by atoms with Gasteiger partial charge in [0.25, 0.3) is 11.8 Å². The van der Waals surface area contributed by atoms with Crippen LogP contribution in [0.15, 0.2) is 59.3 Å². The van der Waals surface area contributed by atoms with Gasteiger partial charge in [-0.1, -0.05) is 0 Å². The number of carbonyl (C=O) groups is 2. The van der Waals surface area contributed by atoms with Crippen LogP contribution >= 0.6 is 11.8 Å². The van der Waals surface area contributed by atoms with E-state index in [2.05, 4.69) is 31.0 Å². The number of hydrogen-bond acceptors (Lipinski definition) is 7. The van der Waals surface area contributed by atoms with E-state index in [1.165, 1.54) is 11.8 Å². The van der Waals surface area contributed by atoms with Crippen LogP contribution in [0.5, 0.6) is 0 Å². The molecule has 0 aliphatic rings. The maximum Gasteiger partial charge on any atom is 0.252 e. The van der Waals surface area contributed by atoms with Crippen molar-refractivity contribution < 1.29 is 9.59 Å². The molecule has 2 heterocycles. The molecule has 2 aromatic heterocycles. The van der Waals surface area contributed by atoms with Crippen LogP contribution in [0.2, 0.25) is 0 Å². The Morgan fingerprint density at radius 1 is 0.793 bits per heavy atom. The smallest absolute Gasteiger partial charge is 0.252 e. The first-order valence-electron chi connectivity index (χ1n) is 9.03. The van der Waals surface area contributed by atoms with E-state index >= 15 is 0 Å². The summed E-state index contributed by atoms with van der Waals surface area (Å²) in [6, 6.07) is 7.24. The second-order valence-corrected chi connectivity index (χ2v) is 7.93. The number of hydrogen-bond donors (Lipinski definition) is 2. The lowest BCUT2D eigenvalue weighted by molar-refractivity contribution is -0.120. The Morgan fingerprint density at radius 3 is 1.48 bits per heavy atom. The number of rotatable bonds is 8. The SMILES string of the molecule is C/C(=N\NC(=O)C(C)SC(C)C(=O)N/N=C(\C)c1ccncc1)c1ccncc1. The Kier molecular flexibility index (Phi) is 8.47. The maximum atomic E-state index is 12.3. The molecule has 0 fully saturated rings. The lowest BCUT2D eigenvalue weighted by Gasteiger charge is -2.15. The molecule has 29 heavy (non-hydrogen) atoms. The van der Waals surface area contributed by atoms with Crippen molar-refractivity contribution in [3.8, 4) is 0 Å². The topological polar surface area (TPSA) is 109 Å². The van der Waals surface area contributed by atoms with Gasteiger partial charge < -0.3 is 0 Å². The first-order valence-corrected chi connectivity index (χ1v) is 9.97. The molecule has 0 radical (unpaired) electrons. The van der Waals surface area contributed by atoms with Gasteiger partial charge in [-0.2, -0.15) is 10.2 Å². The third-order valence-electron chi connectivity index (χ3n) is 4.01. The molecule has 0 bridgehead atoms. The zero-order valence-electron chi connectivity index (χ0n) is 16.8. The van der Waals surface area contributed by atoms with Crippen LogP contribution in [0, 0.1) is 0 Å². The number of amides is 2. The summed E-state index contributed by atoms with van der Waals surface area (Å²) < 4.78 is 0. The van der Waals surface area contributed by atoms with Gasteiger partial charge in [0.05, 0.1) is 21.9 Å². The summed E-state index contributed by atoms with van der Waals surface area (Å²) in [7, 11) is 0. The zero-order valence-corrected chi connectivity index (χ0v) is 17.6. The van der Waals surface area contributed by atoms with Gasteiger partial charge in [0, 0.05) is 35.9 Å². The standard InChI is InChI=1S/C20H24N6O2S/c1-13(17-5-9-21-10-6-17)23-25-19(27)15(3)29-16(4)20(28)26-24-14(2)18-7-11-22-12-8-18/h5-12,15-16H,1-4H3,(H,25,27)(H,26,28)/b23-13+,24-14+. The van der Waals surface area contributed by atoms with Gasteiger partial charge in [0.15, 0.2) is 0 Å². The summed E-state index contributed by atoms with van der Waals surface area (Å²) in [5.41, 5.74) is 8.16. The van der Waals surface area contributed by atoms with Gasteiger partial charge >= 0.3 is 0 Å². The monoisotopic (exact) mass is 412 g/mol. The van der Waals surface area contributed by atoms with Crippen molar-refractivity contribution in [1.82, 2.24) is 20.8 Å². The van der Waals surface area contributed by atoms with Crippen LogP contribution in [0.1, 0.15) is 38.8 Å². The van der Waals surface area contributed by atoms with Crippen molar-refractivity contribution in [1.29, 1.82) is 0 Å². The third-order valence-corrected chi connectivity index (χ3v) is 5.26. The highest BCUT2D eigenvalue weighted by Gasteiger charge is 2.21. The number of nitrogens with one attached hydrogen (secondary N) is 2. The number of pyridine rings is 2. The molecule has 9 heteroatoms. The number of carbonyl (C=O) groups excluding carboxylic acids is 2. The fourth-order valence-corrected chi connectivity index (χ4v) is 3.17. The molecular formula is C20H24N6O2S. The van der Waals surface area contributed by atoms with Crippen molar-refractivity contribution in [3.05, 3.63) is 60.2 Å². The van der Waals surface area contributed by atoms with Gasteiger partial charge in [-0.3, -0.25) is 19.6 Å². The fourth-order valence-electron chi connectivity index (χ4n) is 2.20. The molecule has 0 aliphatic carbocycles. The highest BCUT2D eigenvalue weighted by Crippen LogP contribution is 2.18. The van der Waals surface area contributed by atoms with Crippen LogP contribution in [0.25, 0.3) is 0 Å². The van der Waals surface area contributed by atoms with Crippen molar-refractivity contribution in [3.63, 3.8) is 0 Å². The predicted molar refractivity (Wildman–Crippen MR) is 116 cm³/mol. The average molecular weight is 413 g/mol. The molecule has 2 unspecified atom stereocenters. The van der Waals surface area contributed by atoms with E-state index in [1.807, 2.05) is 24.3 Å². The fraction of sp³-hybridized carbons (Fsp3) is 0.300. The number of hydrazone groups is 2. The molecule has 0 spiro atoms. The predicted octanol–water partition coefficient (Wildman–Crippen LogP) is 2.37. The highest BCUT2D eigenvalue weighted by molar-refractivity contribution is 8.01. The minimum absolute atomic E-state index is 0.278. The molecule has 2 aromatic rings. The second-order valence-electron chi connectivity index (χ2n) is 6.24. The van der Waals surface area contributed by atoms with E-state index in [4.69, 9.17) is 0 Å². The van der Waals surface area contributed by atoms with Crippen LogP contribution in [-0.4, -0.2) is 43.7 Å². The second kappa shape index (κ2) is 11.1. The molecule has 0 aromatic carbocycles. The largest absolute Gasteiger partial charge is 0.272 e. The van der Waals surface area contributed by atoms with Crippen LogP contribution in [0.4, 0.5) is 0 Å². The number of thioether (sulfide) groups is 1. The molecule has 152 valence electrons. The van der Waals surface area contributed by atoms with E-state index in [-0.39, 0.29) is 11.8 Å². The Morgan fingerprint density at radius 2 is 1.14 bits per heavy atom. The molecular weight excluding hydrogens is 388 g/mol. The molecule has 2 atom stereocenters. The molecule has 0 saturated carbocycles. The lowest BCUT2D eigenvalue weighted by atomic mass is 10.2. The Hall–Kier alpha value is -3.07. The zero-order chi connectivity index (χ0) is 21.2. The normalized spacial score (nSPS) is 14.1. The molecule has 2 amide bonds. The van der Waals surface area contributed by atoms with Crippen molar-refractivity contribution in [2.75, 3.05) is 0 Å². The third kappa shape index (κ3) is 7.11. The highest BCUT2D eigenvalue weighted by atomic mass is 32.2.